The molecule has 0 aromatic rings. The van der Waals surface area contributed by atoms with E-state index in [4.69, 9.17) is 10.5 Å². The first kappa shape index (κ1) is 20.0. The van der Waals surface area contributed by atoms with Crippen molar-refractivity contribution in [2.75, 3.05) is 6.54 Å². The molecule has 0 saturated heterocycles. The third-order valence-electron chi connectivity index (χ3n) is 2.88. The summed E-state index contributed by atoms with van der Waals surface area (Å²) in [7, 11) is 0. The molecule has 0 heterocycles. The molecule has 0 radical (unpaired) electrons. The van der Waals surface area contributed by atoms with Crippen molar-refractivity contribution < 1.29 is 9.53 Å². The Bertz CT molecular complexity index is 189. The van der Waals surface area contributed by atoms with Gasteiger partial charge in [0.2, 0.25) is 0 Å². The fraction of sp³-hybridized carbons (Fsp3) is 0.929. The van der Waals surface area contributed by atoms with Crippen LogP contribution in [0.25, 0.3) is 0 Å². The Kier molecular flexibility index (Phi) is 16.5. The number of hydrogen-bond acceptors (Lipinski definition) is 3. The molecule has 0 fully saturated rings. The first-order chi connectivity index (χ1) is 8.20. The Labute approximate surface area is 118 Å². The Morgan fingerprint density at radius 3 is 2.39 bits per heavy atom. The largest absolute Gasteiger partial charge is 0.463 e. The van der Waals surface area contributed by atoms with Gasteiger partial charge in [0, 0.05) is 6.42 Å². The molecule has 0 amide bonds. The van der Waals surface area contributed by atoms with Gasteiger partial charge in [-0.3, -0.25) is 4.79 Å². The lowest BCUT2D eigenvalue weighted by Gasteiger charge is -2.12. The number of rotatable bonds is 11. The first-order valence-electron chi connectivity index (χ1n) is 7.10. The molecule has 110 valence electrons. The predicted molar refractivity (Wildman–Crippen MR) is 79.1 cm³/mol. The molecule has 2 N–H and O–H groups in total. The van der Waals surface area contributed by atoms with Gasteiger partial charge in [-0.25, -0.2) is 0 Å². The molecule has 1 unspecified atom stereocenters. The zero-order valence-corrected chi connectivity index (χ0v) is 12.8. The second-order valence-corrected chi connectivity index (χ2v) is 4.75. The van der Waals surface area contributed by atoms with Gasteiger partial charge in [0.25, 0.3) is 0 Å². The summed E-state index contributed by atoms with van der Waals surface area (Å²) < 4.78 is 5.34. The highest BCUT2D eigenvalue weighted by Gasteiger charge is 2.08. The monoisotopic (exact) mass is 279 g/mol. The average Bonchev–Trinajstić information content (AvgIpc) is 2.30. The molecule has 1 atom stereocenters. The Hall–Kier alpha value is -0.280. The molecule has 0 bridgehead atoms. The summed E-state index contributed by atoms with van der Waals surface area (Å²) in [4.78, 5) is 11.5. The maximum Gasteiger partial charge on any atom is 0.306 e. The number of esters is 1. The highest BCUT2D eigenvalue weighted by Crippen LogP contribution is 2.09. The van der Waals surface area contributed by atoms with Crippen LogP contribution in [0.3, 0.4) is 0 Å². The third-order valence-corrected chi connectivity index (χ3v) is 2.88. The zero-order valence-electron chi connectivity index (χ0n) is 12.0. The van der Waals surface area contributed by atoms with Crippen LogP contribution in [0, 0.1) is 0 Å². The van der Waals surface area contributed by atoms with E-state index in [9.17, 15) is 4.79 Å². The van der Waals surface area contributed by atoms with Gasteiger partial charge in [-0.15, -0.1) is 12.4 Å². The maximum absolute atomic E-state index is 11.5. The number of nitrogens with two attached hydrogens (primary N) is 1. The van der Waals surface area contributed by atoms with Crippen molar-refractivity contribution in [1.82, 2.24) is 0 Å². The van der Waals surface area contributed by atoms with Gasteiger partial charge in [-0.05, 0) is 39.2 Å². The normalized spacial score (nSPS) is 11.7. The average molecular weight is 280 g/mol. The number of hydrogen-bond donors (Lipinski definition) is 1. The number of unbranched alkanes of at least 4 members (excludes halogenated alkanes) is 5. The van der Waals surface area contributed by atoms with E-state index in [-0.39, 0.29) is 24.5 Å². The fourth-order valence-corrected chi connectivity index (χ4v) is 1.79. The standard InChI is InChI=1S/C14H29NO2.ClH/c1-3-4-5-7-10-13(2)17-14(16)11-8-6-9-12-15;/h13H,3-12,15H2,1-2H3;1H. The number of ether oxygens (including phenoxy) is 1. The molecule has 0 rings (SSSR count). The highest BCUT2D eigenvalue weighted by atomic mass is 35.5. The predicted octanol–water partition coefficient (Wildman–Crippen LogP) is 3.83. The van der Waals surface area contributed by atoms with Crippen molar-refractivity contribution in [3.63, 3.8) is 0 Å². The topological polar surface area (TPSA) is 52.3 Å². The number of halogens is 1. The van der Waals surface area contributed by atoms with E-state index in [0.717, 1.165) is 32.1 Å². The molecule has 18 heavy (non-hydrogen) atoms. The molecule has 3 nitrogen and oxygen atoms in total. The molecule has 0 aliphatic carbocycles. The van der Waals surface area contributed by atoms with E-state index >= 15 is 0 Å². The summed E-state index contributed by atoms with van der Waals surface area (Å²) in [5, 5.41) is 0. The Morgan fingerprint density at radius 1 is 1.11 bits per heavy atom. The quantitative estimate of drug-likeness (QED) is 0.462. The van der Waals surface area contributed by atoms with Crippen LogP contribution in [-0.2, 0) is 9.53 Å². The van der Waals surface area contributed by atoms with Crippen LogP contribution < -0.4 is 5.73 Å². The van der Waals surface area contributed by atoms with Gasteiger partial charge in [0.1, 0.15) is 0 Å². The summed E-state index contributed by atoms with van der Waals surface area (Å²) in [5.41, 5.74) is 5.39. The van der Waals surface area contributed by atoms with Crippen molar-refractivity contribution in [2.24, 2.45) is 5.73 Å². The van der Waals surface area contributed by atoms with Crippen molar-refractivity contribution in [3.05, 3.63) is 0 Å². The SMILES string of the molecule is CCCCCCC(C)OC(=O)CCCCCN.Cl. The van der Waals surface area contributed by atoms with Crippen LogP contribution in [0.1, 0.15) is 71.6 Å². The zero-order chi connectivity index (χ0) is 12.9. The van der Waals surface area contributed by atoms with Crippen LogP contribution >= 0.6 is 12.4 Å². The van der Waals surface area contributed by atoms with Crippen LogP contribution in [0.2, 0.25) is 0 Å². The Morgan fingerprint density at radius 2 is 1.78 bits per heavy atom. The lowest BCUT2D eigenvalue weighted by Crippen LogP contribution is -2.14. The molecule has 0 aromatic carbocycles. The fourth-order valence-electron chi connectivity index (χ4n) is 1.79. The van der Waals surface area contributed by atoms with Gasteiger partial charge in [0.15, 0.2) is 0 Å². The smallest absolute Gasteiger partial charge is 0.306 e. The van der Waals surface area contributed by atoms with Crippen LogP contribution in [0.15, 0.2) is 0 Å². The summed E-state index contributed by atoms with van der Waals surface area (Å²) in [6.45, 7) is 4.90. The molecule has 0 aliphatic heterocycles. The molecule has 0 aliphatic rings. The molecular weight excluding hydrogens is 250 g/mol. The van der Waals surface area contributed by atoms with Crippen molar-refractivity contribution >= 4 is 18.4 Å². The van der Waals surface area contributed by atoms with Crippen LogP contribution in [0.4, 0.5) is 0 Å². The van der Waals surface area contributed by atoms with Crippen molar-refractivity contribution in [1.29, 1.82) is 0 Å². The maximum atomic E-state index is 11.5. The number of carbonyl (C=O) groups is 1. The van der Waals surface area contributed by atoms with Gasteiger partial charge in [0.05, 0.1) is 6.10 Å². The summed E-state index contributed by atoms with van der Waals surface area (Å²) in [6.07, 6.45) is 9.47. The minimum absolute atomic E-state index is 0. The van der Waals surface area contributed by atoms with Gasteiger partial charge in [-0.1, -0.05) is 32.6 Å². The first-order valence-corrected chi connectivity index (χ1v) is 7.10. The molecule has 0 spiro atoms. The van der Waals surface area contributed by atoms with Crippen LogP contribution in [0.5, 0.6) is 0 Å². The third kappa shape index (κ3) is 13.8. The lowest BCUT2D eigenvalue weighted by atomic mass is 10.1. The van der Waals surface area contributed by atoms with Gasteiger partial charge < -0.3 is 10.5 Å². The molecule has 0 saturated carbocycles. The summed E-state index contributed by atoms with van der Waals surface area (Å²) in [5.74, 6) is -0.0509. The molecular formula is C14H30ClNO2. The minimum atomic E-state index is -0.0509. The molecule has 0 aromatic heterocycles. The number of carbonyl (C=O) groups excluding carboxylic acids is 1. The van der Waals surface area contributed by atoms with E-state index in [1.165, 1.54) is 19.3 Å². The van der Waals surface area contributed by atoms with Gasteiger partial charge >= 0.3 is 5.97 Å². The van der Waals surface area contributed by atoms with Crippen molar-refractivity contribution in [3.8, 4) is 0 Å². The molecule has 4 heteroatoms. The highest BCUT2D eigenvalue weighted by molar-refractivity contribution is 5.85. The summed E-state index contributed by atoms with van der Waals surface area (Å²) >= 11 is 0. The minimum Gasteiger partial charge on any atom is -0.463 e. The van der Waals surface area contributed by atoms with Gasteiger partial charge in [-0.2, -0.15) is 0 Å². The van der Waals surface area contributed by atoms with E-state index in [2.05, 4.69) is 6.92 Å². The van der Waals surface area contributed by atoms with E-state index in [1.54, 1.807) is 0 Å². The van der Waals surface area contributed by atoms with E-state index in [0.29, 0.717) is 13.0 Å². The van der Waals surface area contributed by atoms with E-state index < -0.39 is 0 Å². The lowest BCUT2D eigenvalue weighted by molar-refractivity contribution is -0.148. The second-order valence-electron chi connectivity index (χ2n) is 4.75. The Balaban J connectivity index is 0. The van der Waals surface area contributed by atoms with E-state index in [1.807, 2.05) is 6.92 Å². The second kappa shape index (κ2) is 14.8. The summed E-state index contributed by atoms with van der Waals surface area (Å²) in [6, 6.07) is 0. The van der Waals surface area contributed by atoms with Crippen molar-refractivity contribution in [2.45, 2.75) is 77.7 Å². The van der Waals surface area contributed by atoms with Crippen LogP contribution in [-0.4, -0.2) is 18.6 Å².